The van der Waals surface area contributed by atoms with Gasteiger partial charge in [-0.2, -0.15) is 0 Å². The van der Waals surface area contributed by atoms with Gasteiger partial charge in [0, 0.05) is 23.5 Å². The fraction of sp³-hybridized carbons (Fsp3) is 0.296. The molecule has 1 atom stereocenters. The number of piperidine rings is 1. The minimum atomic E-state index is -0.343. The molecule has 3 heterocycles. The number of rotatable bonds is 7. The van der Waals surface area contributed by atoms with Crippen molar-refractivity contribution in [3.63, 3.8) is 0 Å². The molecule has 7 nitrogen and oxygen atoms in total. The largest absolute Gasteiger partial charge is 0.494 e. The van der Waals surface area contributed by atoms with E-state index in [2.05, 4.69) is 10.6 Å². The maximum atomic E-state index is 13.7. The lowest BCUT2D eigenvalue weighted by Gasteiger charge is -2.23. The Hall–Kier alpha value is -3.20. The van der Waals surface area contributed by atoms with Crippen LogP contribution in [0.15, 0.2) is 59.4 Å². The summed E-state index contributed by atoms with van der Waals surface area (Å²) in [6.07, 6.45) is 3.32. The molecule has 2 N–H and O–H groups in total. The van der Waals surface area contributed by atoms with E-state index in [0.717, 1.165) is 31.2 Å². The minimum absolute atomic E-state index is 0. The SMILES string of the molecule is COc1c(C(=O)NC[C@H]2CCCCN2)sc2c1c(=O)n(CC(=O)c1ccccc1)c1ccccc21.Cl. The Bertz CT molecular complexity index is 1460. The molecule has 0 aliphatic carbocycles. The number of halogens is 1. The molecule has 2 aromatic heterocycles. The molecule has 0 spiro atoms. The number of para-hydroxylation sites is 1. The standard InChI is InChI=1S/C27H27N3O4S.ClH/c1-34-23-22-24(35-25(23)26(32)29-15-18-11-7-8-14-28-18)19-12-5-6-13-20(19)30(27(22)33)16-21(31)17-9-3-2-4-10-17;/h2-6,9-10,12-13,18,28H,7-8,11,14-16H2,1H3,(H,29,32);1H/t18-;/m1./s1. The van der Waals surface area contributed by atoms with E-state index in [9.17, 15) is 14.4 Å². The number of pyridine rings is 1. The predicted molar refractivity (Wildman–Crippen MR) is 146 cm³/mol. The van der Waals surface area contributed by atoms with Crippen LogP contribution in [0.5, 0.6) is 5.75 Å². The van der Waals surface area contributed by atoms with Gasteiger partial charge in [-0.1, -0.05) is 55.0 Å². The number of carbonyl (C=O) groups is 2. The van der Waals surface area contributed by atoms with Gasteiger partial charge in [-0.05, 0) is 25.5 Å². The third-order valence-electron chi connectivity index (χ3n) is 6.49. The van der Waals surface area contributed by atoms with Crippen molar-refractivity contribution in [2.24, 2.45) is 0 Å². The van der Waals surface area contributed by atoms with Gasteiger partial charge >= 0.3 is 0 Å². The number of ketones is 1. The van der Waals surface area contributed by atoms with Crippen LogP contribution < -0.4 is 20.9 Å². The highest BCUT2D eigenvalue weighted by Gasteiger charge is 2.26. The van der Waals surface area contributed by atoms with Crippen molar-refractivity contribution in [2.45, 2.75) is 31.8 Å². The average Bonchev–Trinajstić information content (AvgIpc) is 3.31. The Balaban J connectivity index is 0.00000304. The number of Topliss-reactive ketones (excluding diaryl/α,β-unsaturated/α-hetero) is 1. The average molecular weight is 526 g/mol. The number of fused-ring (bicyclic) bond motifs is 3. The van der Waals surface area contributed by atoms with Crippen LogP contribution in [0.4, 0.5) is 0 Å². The van der Waals surface area contributed by atoms with Crippen LogP contribution in [-0.2, 0) is 6.54 Å². The summed E-state index contributed by atoms with van der Waals surface area (Å²) in [5.41, 5.74) is 0.845. The van der Waals surface area contributed by atoms with E-state index in [4.69, 9.17) is 4.74 Å². The summed E-state index contributed by atoms with van der Waals surface area (Å²) in [7, 11) is 1.47. The van der Waals surface area contributed by atoms with Crippen LogP contribution in [0, 0.1) is 0 Å². The number of carbonyl (C=O) groups excluding carboxylic acids is 2. The van der Waals surface area contributed by atoms with E-state index >= 15 is 0 Å². The van der Waals surface area contributed by atoms with Crippen molar-refractivity contribution in [1.29, 1.82) is 0 Å². The number of amides is 1. The van der Waals surface area contributed by atoms with E-state index < -0.39 is 0 Å². The van der Waals surface area contributed by atoms with Crippen LogP contribution in [0.1, 0.15) is 39.3 Å². The zero-order valence-corrected chi connectivity index (χ0v) is 21.5. The van der Waals surface area contributed by atoms with E-state index in [1.165, 1.54) is 23.0 Å². The van der Waals surface area contributed by atoms with Gasteiger partial charge in [0.2, 0.25) is 0 Å². The molecule has 1 fully saturated rings. The van der Waals surface area contributed by atoms with E-state index in [1.54, 1.807) is 24.3 Å². The maximum absolute atomic E-state index is 13.7. The first kappa shape index (κ1) is 25.9. The molecule has 0 bridgehead atoms. The Labute approximate surface area is 218 Å². The summed E-state index contributed by atoms with van der Waals surface area (Å²) >= 11 is 1.26. The van der Waals surface area contributed by atoms with Gasteiger partial charge in [-0.15, -0.1) is 23.7 Å². The normalized spacial score (nSPS) is 15.4. The van der Waals surface area contributed by atoms with Gasteiger partial charge in [0.05, 0.1) is 23.9 Å². The molecule has 4 aromatic rings. The number of nitrogens with one attached hydrogen (secondary N) is 2. The van der Waals surface area contributed by atoms with E-state index in [1.807, 2.05) is 30.3 Å². The monoisotopic (exact) mass is 525 g/mol. The van der Waals surface area contributed by atoms with Crippen molar-refractivity contribution in [3.8, 4) is 5.75 Å². The number of methoxy groups -OCH3 is 1. The second-order valence-electron chi connectivity index (χ2n) is 8.72. The molecule has 1 aliphatic rings. The lowest BCUT2D eigenvalue weighted by atomic mass is 10.1. The fourth-order valence-electron chi connectivity index (χ4n) is 4.70. The molecular formula is C27H28ClN3O4S. The number of benzene rings is 2. The summed E-state index contributed by atoms with van der Waals surface area (Å²) in [5.74, 6) is -0.161. The lowest BCUT2D eigenvalue weighted by molar-refractivity contribution is 0.0946. The highest BCUT2D eigenvalue weighted by Crippen LogP contribution is 2.39. The van der Waals surface area contributed by atoms with Crippen LogP contribution >= 0.6 is 23.7 Å². The summed E-state index contributed by atoms with van der Waals surface area (Å²) in [5, 5.41) is 7.57. The number of nitrogens with zero attached hydrogens (tertiary/aromatic N) is 1. The van der Waals surface area contributed by atoms with E-state index in [0.29, 0.717) is 32.6 Å². The van der Waals surface area contributed by atoms with Crippen molar-refractivity contribution >= 4 is 56.4 Å². The molecule has 0 radical (unpaired) electrons. The zero-order valence-electron chi connectivity index (χ0n) is 19.9. The summed E-state index contributed by atoms with van der Waals surface area (Å²) in [4.78, 5) is 40.2. The molecule has 188 valence electrons. The third kappa shape index (κ3) is 4.89. The van der Waals surface area contributed by atoms with Gasteiger partial charge in [-0.25, -0.2) is 0 Å². The summed E-state index contributed by atoms with van der Waals surface area (Å²) in [6, 6.07) is 16.6. The quantitative estimate of drug-likeness (QED) is 0.349. The van der Waals surface area contributed by atoms with Crippen molar-refractivity contribution in [3.05, 3.63) is 75.4 Å². The second kappa shape index (κ2) is 11.2. The van der Waals surface area contributed by atoms with Gasteiger partial charge in [0.1, 0.15) is 10.3 Å². The van der Waals surface area contributed by atoms with Gasteiger partial charge in [0.15, 0.2) is 11.5 Å². The smallest absolute Gasteiger partial charge is 0.265 e. The molecule has 0 unspecified atom stereocenters. The van der Waals surface area contributed by atoms with Crippen molar-refractivity contribution in [1.82, 2.24) is 15.2 Å². The second-order valence-corrected chi connectivity index (χ2v) is 9.74. The molecule has 0 saturated carbocycles. The lowest BCUT2D eigenvalue weighted by Crippen LogP contribution is -2.43. The van der Waals surface area contributed by atoms with Gasteiger partial charge < -0.3 is 15.4 Å². The van der Waals surface area contributed by atoms with Crippen LogP contribution in [0.25, 0.3) is 21.0 Å². The fourth-order valence-corrected chi connectivity index (χ4v) is 5.91. The van der Waals surface area contributed by atoms with Crippen LogP contribution in [0.3, 0.4) is 0 Å². The van der Waals surface area contributed by atoms with Crippen LogP contribution in [0.2, 0.25) is 0 Å². The molecular weight excluding hydrogens is 498 g/mol. The molecule has 9 heteroatoms. The Morgan fingerprint density at radius 1 is 1.11 bits per heavy atom. The molecule has 2 aromatic carbocycles. The van der Waals surface area contributed by atoms with Crippen molar-refractivity contribution in [2.75, 3.05) is 20.2 Å². The topological polar surface area (TPSA) is 89.4 Å². The van der Waals surface area contributed by atoms with E-state index in [-0.39, 0.29) is 48.0 Å². The molecule has 1 aliphatic heterocycles. The minimum Gasteiger partial charge on any atom is -0.494 e. The Morgan fingerprint density at radius 3 is 2.58 bits per heavy atom. The highest BCUT2D eigenvalue weighted by atomic mass is 35.5. The predicted octanol–water partition coefficient (Wildman–Crippen LogP) is 4.40. The number of thiophene rings is 1. The molecule has 36 heavy (non-hydrogen) atoms. The first-order valence-electron chi connectivity index (χ1n) is 11.8. The molecule has 1 saturated heterocycles. The Morgan fingerprint density at radius 2 is 1.86 bits per heavy atom. The third-order valence-corrected chi connectivity index (χ3v) is 7.70. The van der Waals surface area contributed by atoms with Gasteiger partial charge in [-0.3, -0.25) is 19.0 Å². The molecule has 5 rings (SSSR count). The number of ether oxygens (including phenoxy) is 1. The molecule has 1 amide bonds. The number of aromatic nitrogens is 1. The van der Waals surface area contributed by atoms with Crippen LogP contribution in [-0.4, -0.2) is 42.5 Å². The zero-order chi connectivity index (χ0) is 24.4. The Kier molecular flexibility index (Phi) is 8.08. The summed E-state index contributed by atoms with van der Waals surface area (Å²) < 4.78 is 7.79. The first-order valence-corrected chi connectivity index (χ1v) is 12.6. The van der Waals surface area contributed by atoms with Crippen molar-refractivity contribution < 1.29 is 14.3 Å². The number of hydrogen-bond acceptors (Lipinski definition) is 6. The first-order chi connectivity index (χ1) is 17.1. The highest BCUT2D eigenvalue weighted by molar-refractivity contribution is 7.22. The maximum Gasteiger partial charge on any atom is 0.265 e. The van der Waals surface area contributed by atoms with Gasteiger partial charge in [0.25, 0.3) is 11.5 Å². The number of hydrogen-bond donors (Lipinski definition) is 2. The summed E-state index contributed by atoms with van der Waals surface area (Å²) in [6.45, 7) is 1.37.